The number of hydrogen-bond acceptors (Lipinski definition) is 5. The molecule has 0 fully saturated rings. The van der Waals surface area contributed by atoms with E-state index in [-0.39, 0.29) is 0 Å². The van der Waals surface area contributed by atoms with Crippen molar-refractivity contribution in [2.45, 2.75) is 0 Å². The fourth-order valence-electron chi connectivity index (χ4n) is 12.2. The van der Waals surface area contributed by atoms with Gasteiger partial charge in [-0.05, 0) is 105 Å². The molecule has 6 aromatic heterocycles. The van der Waals surface area contributed by atoms with Crippen LogP contribution in [0.4, 0.5) is 0 Å². The van der Waals surface area contributed by atoms with E-state index in [2.05, 4.69) is 203 Å². The van der Waals surface area contributed by atoms with Gasteiger partial charge in [0.15, 0.2) is 0 Å². The lowest BCUT2D eigenvalue weighted by molar-refractivity contribution is 0.669. The molecule has 0 N–H and O–H groups in total. The SMILES string of the molecule is c1cc(-c2cccc3c2sc2ccccc23)cc(-n2c3cccc4c5ccccc5c5cccc6c5c5c(c43)c2ccc5n6-c2nc(-c3ccc4oc5ccccc5c4c3)c3c(n2)sc2ccccc23)c1. The highest BCUT2D eigenvalue weighted by Gasteiger charge is 2.27. The average Bonchev–Trinajstić information content (AvgIpc) is 4.25. The highest BCUT2D eigenvalue weighted by molar-refractivity contribution is 7.26. The van der Waals surface area contributed by atoms with Crippen molar-refractivity contribution in [1.29, 1.82) is 0 Å². The lowest BCUT2D eigenvalue weighted by Gasteiger charge is -2.12. The summed E-state index contributed by atoms with van der Waals surface area (Å²) >= 11 is 3.61. The zero-order valence-corrected chi connectivity index (χ0v) is 39.3. The number of nitrogens with zero attached hydrogens (tertiary/aromatic N) is 4. The quantitative estimate of drug-likeness (QED) is 0.177. The molecule has 0 amide bonds. The van der Waals surface area contributed by atoms with E-state index in [1.165, 1.54) is 84.6 Å². The molecule has 71 heavy (non-hydrogen) atoms. The van der Waals surface area contributed by atoms with Crippen LogP contribution in [-0.2, 0) is 0 Å². The lowest BCUT2D eigenvalue weighted by Crippen LogP contribution is -2.02. The van der Waals surface area contributed by atoms with Gasteiger partial charge < -0.3 is 8.98 Å². The van der Waals surface area contributed by atoms with E-state index in [0.717, 1.165) is 71.0 Å². The third-order valence-electron chi connectivity index (χ3n) is 15.1. The molecule has 17 aromatic rings. The smallest absolute Gasteiger partial charge is 0.236 e. The van der Waals surface area contributed by atoms with Crippen molar-refractivity contribution in [3.05, 3.63) is 206 Å². The minimum atomic E-state index is 0.646. The standard InChI is InChI=1S/C64H34N4OS2/c1-2-16-40-39(15-1)43-21-11-24-48-56(43)59-50(67(48)37-14-9-13-35(33-37)38-20-10-23-45-42-18-4-7-27-54(42)70-62(38)45)30-31-51-60(59)57-44(40)22-12-25-49(57)68(51)64-65-61(58-46-19-5-8-28-55(46)71-63(58)66-64)36-29-32-53-47(34-36)41-17-3-6-26-52(41)69-53/h1-34H. The van der Waals surface area contributed by atoms with E-state index in [9.17, 15) is 0 Å². The van der Waals surface area contributed by atoms with E-state index in [4.69, 9.17) is 14.4 Å². The molecule has 0 radical (unpaired) electrons. The maximum atomic E-state index is 6.33. The first-order valence-electron chi connectivity index (χ1n) is 24.0. The monoisotopic (exact) mass is 938 g/mol. The first-order chi connectivity index (χ1) is 35.2. The van der Waals surface area contributed by atoms with Crippen molar-refractivity contribution >= 4 is 150 Å². The molecular weight excluding hydrogens is 905 g/mol. The largest absolute Gasteiger partial charge is 0.456 e. The Balaban J connectivity index is 0.983. The third-order valence-corrected chi connectivity index (χ3v) is 17.4. The molecule has 0 spiro atoms. The molecule has 0 bridgehead atoms. The van der Waals surface area contributed by atoms with Crippen LogP contribution in [0, 0.1) is 0 Å². The van der Waals surface area contributed by atoms with Crippen LogP contribution in [0.5, 0.6) is 0 Å². The molecule has 0 saturated carbocycles. The average molecular weight is 939 g/mol. The number of thiophene rings is 2. The van der Waals surface area contributed by atoms with Crippen LogP contribution >= 0.6 is 22.7 Å². The number of benzene rings is 10. The van der Waals surface area contributed by atoms with Gasteiger partial charge in [-0.15, -0.1) is 22.7 Å². The minimum absolute atomic E-state index is 0.646. The molecule has 5 nitrogen and oxygen atoms in total. The molecule has 7 heteroatoms. The summed E-state index contributed by atoms with van der Waals surface area (Å²) in [5.74, 6) is 0.646. The maximum absolute atomic E-state index is 6.33. The molecule has 0 aliphatic carbocycles. The van der Waals surface area contributed by atoms with Gasteiger partial charge in [0.25, 0.3) is 0 Å². The second-order valence-electron chi connectivity index (χ2n) is 18.8. The molecule has 0 unspecified atom stereocenters. The first kappa shape index (κ1) is 38.0. The lowest BCUT2D eigenvalue weighted by atomic mass is 9.95. The van der Waals surface area contributed by atoms with Gasteiger partial charge in [0.2, 0.25) is 5.95 Å². The predicted octanol–water partition coefficient (Wildman–Crippen LogP) is 18.4. The maximum Gasteiger partial charge on any atom is 0.236 e. The Morgan fingerprint density at radius 3 is 1.73 bits per heavy atom. The van der Waals surface area contributed by atoms with Crippen LogP contribution in [0.15, 0.2) is 211 Å². The van der Waals surface area contributed by atoms with Crippen molar-refractivity contribution in [3.63, 3.8) is 0 Å². The fraction of sp³-hybridized carbons (Fsp3) is 0. The Hall–Kier alpha value is -8.88. The molecule has 6 heterocycles. The van der Waals surface area contributed by atoms with E-state index in [1.54, 1.807) is 11.3 Å². The van der Waals surface area contributed by atoms with Crippen LogP contribution in [-0.4, -0.2) is 19.1 Å². The topological polar surface area (TPSA) is 48.8 Å². The van der Waals surface area contributed by atoms with E-state index >= 15 is 0 Å². The second-order valence-corrected chi connectivity index (χ2v) is 20.8. The van der Waals surface area contributed by atoms with Crippen molar-refractivity contribution < 1.29 is 4.42 Å². The summed E-state index contributed by atoms with van der Waals surface area (Å²) in [6, 6.07) is 75.3. The third kappa shape index (κ3) is 5.08. The summed E-state index contributed by atoms with van der Waals surface area (Å²) in [4.78, 5) is 12.2. The second kappa shape index (κ2) is 13.9. The van der Waals surface area contributed by atoms with Crippen LogP contribution < -0.4 is 0 Å². The van der Waals surface area contributed by atoms with Gasteiger partial charge >= 0.3 is 0 Å². The van der Waals surface area contributed by atoms with Crippen LogP contribution in [0.1, 0.15) is 0 Å². The number of rotatable bonds is 4. The van der Waals surface area contributed by atoms with Gasteiger partial charge in [0, 0.05) is 79.2 Å². The molecule has 0 aliphatic heterocycles. The summed E-state index contributed by atoms with van der Waals surface area (Å²) in [5, 5.41) is 16.7. The molecule has 0 atom stereocenters. The van der Waals surface area contributed by atoms with Gasteiger partial charge in [0.05, 0.1) is 27.8 Å². The minimum Gasteiger partial charge on any atom is -0.456 e. The Kier molecular flexibility index (Phi) is 7.44. The van der Waals surface area contributed by atoms with Crippen molar-refractivity contribution in [3.8, 4) is 34.0 Å². The van der Waals surface area contributed by atoms with Gasteiger partial charge in [-0.2, -0.15) is 0 Å². The number of furan rings is 1. The van der Waals surface area contributed by atoms with E-state index < -0.39 is 0 Å². The van der Waals surface area contributed by atoms with E-state index in [0.29, 0.717) is 5.95 Å². The van der Waals surface area contributed by atoms with Crippen LogP contribution in [0.3, 0.4) is 0 Å². The summed E-state index contributed by atoms with van der Waals surface area (Å²) in [6.45, 7) is 0. The number of aromatic nitrogens is 4. The fourth-order valence-corrected chi connectivity index (χ4v) is 14.5. The summed E-state index contributed by atoms with van der Waals surface area (Å²) in [5.41, 5.74) is 11.7. The molecule has 328 valence electrons. The van der Waals surface area contributed by atoms with Crippen molar-refractivity contribution in [2.24, 2.45) is 0 Å². The Morgan fingerprint density at radius 2 is 0.944 bits per heavy atom. The van der Waals surface area contributed by atoms with Gasteiger partial charge in [-0.1, -0.05) is 133 Å². The van der Waals surface area contributed by atoms with Gasteiger partial charge in [-0.3, -0.25) is 4.57 Å². The summed E-state index contributed by atoms with van der Waals surface area (Å²) in [7, 11) is 0. The van der Waals surface area contributed by atoms with Crippen LogP contribution in [0.25, 0.3) is 162 Å². The summed E-state index contributed by atoms with van der Waals surface area (Å²) in [6.07, 6.45) is 0. The van der Waals surface area contributed by atoms with E-state index in [1.807, 2.05) is 23.5 Å². The molecule has 11 aromatic carbocycles. The Labute approximate surface area is 411 Å². The Morgan fingerprint density at radius 1 is 0.352 bits per heavy atom. The van der Waals surface area contributed by atoms with Crippen LogP contribution in [0.2, 0.25) is 0 Å². The molecule has 0 saturated heterocycles. The normalized spacial score (nSPS) is 12.5. The Bertz CT molecular complexity index is 5140. The van der Waals surface area contributed by atoms with Gasteiger partial charge in [-0.25, -0.2) is 9.97 Å². The van der Waals surface area contributed by atoms with Gasteiger partial charge in [0.1, 0.15) is 16.0 Å². The number of para-hydroxylation sites is 1. The highest BCUT2D eigenvalue weighted by atomic mass is 32.1. The molecular formula is C64H34N4OS2. The highest BCUT2D eigenvalue weighted by Crippen LogP contribution is 2.49. The predicted molar refractivity (Wildman–Crippen MR) is 301 cm³/mol. The molecule has 0 aliphatic rings. The number of hydrogen-bond donors (Lipinski definition) is 0. The molecule has 17 rings (SSSR count). The zero-order chi connectivity index (χ0) is 46.1. The number of fused-ring (bicyclic) bond motifs is 12. The van der Waals surface area contributed by atoms with Crippen molar-refractivity contribution in [1.82, 2.24) is 19.1 Å². The first-order valence-corrected chi connectivity index (χ1v) is 25.6. The zero-order valence-electron chi connectivity index (χ0n) is 37.6. The summed E-state index contributed by atoms with van der Waals surface area (Å²) < 4.78 is 15.0. The van der Waals surface area contributed by atoms with Crippen molar-refractivity contribution in [2.75, 3.05) is 0 Å².